The summed E-state index contributed by atoms with van der Waals surface area (Å²) >= 11 is 0. The van der Waals surface area contributed by atoms with Crippen LogP contribution in [0.3, 0.4) is 0 Å². The zero-order valence-electron chi connectivity index (χ0n) is 14.2. The van der Waals surface area contributed by atoms with Crippen molar-refractivity contribution in [3.8, 4) is 5.75 Å². The van der Waals surface area contributed by atoms with E-state index in [1.54, 1.807) is 6.20 Å². The molecule has 0 radical (unpaired) electrons. The standard InChI is InChI=1S/C17H25N5O/c1-12(2)9-10-18-17-21-16(11-19-22-17)20-14-5-7-15(8-6-14)23-13(3)4/h5-8,11-13H,9-10H2,1-4H3,(H2,18,20,21,22). The molecule has 2 aromatic rings. The number of nitrogens with one attached hydrogen (secondary N) is 2. The highest BCUT2D eigenvalue weighted by atomic mass is 16.5. The summed E-state index contributed by atoms with van der Waals surface area (Å²) in [6, 6.07) is 7.76. The fraction of sp³-hybridized carbons (Fsp3) is 0.471. The van der Waals surface area contributed by atoms with Gasteiger partial charge in [0.1, 0.15) is 5.75 Å². The van der Waals surface area contributed by atoms with Crippen LogP contribution in [0.1, 0.15) is 34.1 Å². The molecule has 23 heavy (non-hydrogen) atoms. The second kappa shape index (κ2) is 8.31. The van der Waals surface area contributed by atoms with Crippen LogP contribution in [0.4, 0.5) is 17.5 Å². The molecular weight excluding hydrogens is 290 g/mol. The number of aromatic nitrogens is 3. The van der Waals surface area contributed by atoms with E-state index in [1.165, 1.54) is 0 Å². The van der Waals surface area contributed by atoms with Crippen LogP contribution in [0.25, 0.3) is 0 Å². The Morgan fingerprint density at radius 3 is 2.48 bits per heavy atom. The van der Waals surface area contributed by atoms with Crippen LogP contribution in [-0.4, -0.2) is 27.8 Å². The fourth-order valence-corrected chi connectivity index (χ4v) is 1.95. The summed E-state index contributed by atoms with van der Waals surface area (Å²) < 4.78 is 5.63. The molecular formula is C17H25N5O. The zero-order chi connectivity index (χ0) is 16.7. The van der Waals surface area contributed by atoms with E-state index < -0.39 is 0 Å². The van der Waals surface area contributed by atoms with Crippen molar-refractivity contribution in [1.29, 1.82) is 0 Å². The van der Waals surface area contributed by atoms with Gasteiger partial charge in [0.2, 0.25) is 5.95 Å². The lowest BCUT2D eigenvalue weighted by atomic mass is 10.1. The second-order valence-corrected chi connectivity index (χ2v) is 6.09. The molecule has 1 aromatic heterocycles. The van der Waals surface area contributed by atoms with Gasteiger partial charge in [-0.2, -0.15) is 10.1 Å². The third-order valence-electron chi connectivity index (χ3n) is 3.06. The molecule has 0 spiro atoms. The van der Waals surface area contributed by atoms with Gasteiger partial charge >= 0.3 is 0 Å². The van der Waals surface area contributed by atoms with Crippen molar-refractivity contribution in [3.63, 3.8) is 0 Å². The normalized spacial score (nSPS) is 10.9. The van der Waals surface area contributed by atoms with Gasteiger partial charge in [0.15, 0.2) is 5.82 Å². The third kappa shape index (κ3) is 6.10. The summed E-state index contributed by atoms with van der Waals surface area (Å²) in [4.78, 5) is 4.41. The Kier molecular flexibility index (Phi) is 6.14. The van der Waals surface area contributed by atoms with E-state index in [4.69, 9.17) is 4.74 Å². The summed E-state index contributed by atoms with van der Waals surface area (Å²) in [6.07, 6.45) is 2.84. The number of hydrogen-bond donors (Lipinski definition) is 2. The highest BCUT2D eigenvalue weighted by Gasteiger charge is 2.03. The molecule has 2 N–H and O–H groups in total. The van der Waals surface area contributed by atoms with Crippen molar-refractivity contribution in [3.05, 3.63) is 30.5 Å². The molecule has 1 heterocycles. The molecule has 2 rings (SSSR count). The molecule has 1 aromatic carbocycles. The summed E-state index contributed by atoms with van der Waals surface area (Å²) in [7, 11) is 0. The first kappa shape index (κ1) is 17.0. The summed E-state index contributed by atoms with van der Waals surface area (Å²) in [5.41, 5.74) is 0.926. The van der Waals surface area contributed by atoms with E-state index >= 15 is 0 Å². The van der Waals surface area contributed by atoms with Crippen LogP contribution in [0.15, 0.2) is 30.5 Å². The SMILES string of the molecule is CC(C)CCNc1nncc(Nc2ccc(OC(C)C)cc2)n1. The molecule has 124 valence electrons. The first-order chi connectivity index (χ1) is 11.0. The van der Waals surface area contributed by atoms with Gasteiger partial charge < -0.3 is 15.4 Å². The zero-order valence-corrected chi connectivity index (χ0v) is 14.2. The van der Waals surface area contributed by atoms with Crippen molar-refractivity contribution in [1.82, 2.24) is 15.2 Å². The molecule has 0 saturated heterocycles. The maximum absolute atomic E-state index is 5.63. The van der Waals surface area contributed by atoms with Gasteiger partial charge in [-0.3, -0.25) is 0 Å². The molecule has 0 amide bonds. The van der Waals surface area contributed by atoms with Gasteiger partial charge in [0, 0.05) is 12.2 Å². The topological polar surface area (TPSA) is 72.0 Å². The molecule has 0 aliphatic carbocycles. The summed E-state index contributed by atoms with van der Waals surface area (Å²) in [6.45, 7) is 9.22. The number of ether oxygens (including phenoxy) is 1. The summed E-state index contributed by atoms with van der Waals surface area (Å²) in [5.74, 6) is 2.69. The van der Waals surface area contributed by atoms with Crippen LogP contribution >= 0.6 is 0 Å². The first-order valence-corrected chi connectivity index (χ1v) is 8.00. The van der Waals surface area contributed by atoms with Crippen LogP contribution in [-0.2, 0) is 0 Å². The average Bonchev–Trinajstić information content (AvgIpc) is 2.49. The van der Waals surface area contributed by atoms with Gasteiger partial charge in [-0.1, -0.05) is 13.8 Å². The number of anilines is 3. The number of hydrogen-bond acceptors (Lipinski definition) is 6. The smallest absolute Gasteiger partial charge is 0.244 e. The van der Waals surface area contributed by atoms with Crippen molar-refractivity contribution < 1.29 is 4.74 Å². The van der Waals surface area contributed by atoms with Crippen molar-refractivity contribution in [2.45, 2.75) is 40.2 Å². The van der Waals surface area contributed by atoms with Crippen molar-refractivity contribution in [2.24, 2.45) is 5.92 Å². The number of rotatable bonds is 8. The Labute approximate surface area is 137 Å². The van der Waals surface area contributed by atoms with Crippen LogP contribution in [0.2, 0.25) is 0 Å². The summed E-state index contributed by atoms with van der Waals surface area (Å²) in [5, 5.41) is 14.4. The molecule has 0 saturated carbocycles. The lowest BCUT2D eigenvalue weighted by molar-refractivity contribution is 0.242. The Hall–Kier alpha value is -2.37. The molecule has 0 atom stereocenters. The monoisotopic (exact) mass is 315 g/mol. The van der Waals surface area contributed by atoms with E-state index in [0.717, 1.165) is 24.4 Å². The Morgan fingerprint density at radius 1 is 1.09 bits per heavy atom. The largest absolute Gasteiger partial charge is 0.491 e. The molecule has 6 nitrogen and oxygen atoms in total. The average molecular weight is 315 g/mol. The van der Waals surface area contributed by atoms with Crippen LogP contribution < -0.4 is 15.4 Å². The van der Waals surface area contributed by atoms with E-state index in [0.29, 0.717) is 17.7 Å². The minimum absolute atomic E-state index is 0.166. The third-order valence-corrected chi connectivity index (χ3v) is 3.06. The van der Waals surface area contributed by atoms with E-state index in [2.05, 4.69) is 39.7 Å². The molecule has 0 fully saturated rings. The van der Waals surface area contributed by atoms with Crippen molar-refractivity contribution in [2.75, 3.05) is 17.2 Å². The Morgan fingerprint density at radius 2 is 1.83 bits per heavy atom. The maximum atomic E-state index is 5.63. The molecule has 0 unspecified atom stereocenters. The van der Waals surface area contributed by atoms with Gasteiger partial charge in [-0.05, 0) is 50.5 Å². The Balaban J connectivity index is 1.94. The molecule has 0 aliphatic rings. The number of nitrogens with zero attached hydrogens (tertiary/aromatic N) is 3. The fourth-order valence-electron chi connectivity index (χ4n) is 1.95. The van der Waals surface area contributed by atoms with Crippen molar-refractivity contribution >= 4 is 17.5 Å². The quantitative estimate of drug-likeness (QED) is 0.770. The molecule has 0 aliphatic heterocycles. The lowest BCUT2D eigenvalue weighted by Crippen LogP contribution is -2.09. The second-order valence-electron chi connectivity index (χ2n) is 6.09. The highest BCUT2D eigenvalue weighted by molar-refractivity contribution is 5.57. The van der Waals surface area contributed by atoms with E-state index in [-0.39, 0.29) is 6.10 Å². The van der Waals surface area contributed by atoms with Gasteiger partial charge in [-0.25, -0.2) is 0 Å². The number of benzene rings is 1. The molecule has 0 bridgehead atoms. The Bertz CT molecular complexity index is 598. The molecule has 6 heteroatoms. The highest BCUT2D eigenvalue weighted by Crippen LogP contribution is 2.19. The van der Waals surface area contributed by atoms with Gasteiger partial charge in [0.25, 0.3) is 0 Å². The van der Waals surface area contributed by atoms with E-state index in [1.807, 2.05) is 38.1 Å². The first-order valence-electron chi connectivity index (χ1n) is 8.00. The van der Waals surface area contributed by atoms with E-state index in [9.17, 15) is 0 Å². The lowest BCUT2D eigenvalue weighted by Gasteiger charge is -2.11. The predicted octanol–water partition coefficient (Wildman–Crippen LogP) is 3.86. The van der Waals surface area contributed by atoms with Gasteiger partial charge in [0.05, 0.1) is 12.3 Å². The predicted molar refractivity (Wildman–Crippen MR) is 93.3 cm³/mol. The van der Waals surface area contributed by atoms with Crippen LogP contribution in [0, 0.1) is 5.92 Å². The minimum Gasteiger partial charge on any atom is -0.491 e. The minimum atomic E-state index is 0.166. The van der Waals surface area contributed by atoms with Gasteiger partial charge in [-0.15, -0.1) is 5.10 Å². The van der Waals surface area contributed by atoms with Crippen LogP contribution in [0.5, 0.6) is 5.75 Å². The maximum Gasteiger partial charge on any atom is 0.244 e.